The second kappa shape index (κ2) is 6.39. The Bertz CT molecular complexity index is 116. The zero-order valence-electron chi connectivity index (χ0n) is 9.81. The number of nitrogens with one attached hydrogen (secondary N) is 1. The van der Waals surface area contributed by atoms with Crippen LogP contribution in [0.3, 0.4) is 0 Å². The molecule has 80 valence electrons. The first-order valence-electron chi connectivity index (χ1n) is 5.26. The highest BCUT2D eigenvalue weighted by Crippen LogP contribution is 2.06. The first kappa shape index (κ1) is 12.9. The van der Waals surface area contributed by atoms with Gasteiger partial charge in [0.1, 0.15) is 0 Å². The third-order valence-electron chi connectivity index (χ3n) is 1.59. The van der Waals surface area contributed by atoms with Crippen molar-refractivity contribution in [1.82, 2.24) is 5.32 Å². The minimum atomic E-state index is 0.0120. The van der Waals surface area contributed by atoms with Crippen molar-refractivity contribution in [2.75, 3.05) is 19.7 Å². The van der Waals surface area contributed by atoms with Gasteiger partial charge in [0.15, 0.2) is 0 Å². The predicted octanol–water partition coefficient (Wildman–Crippen LogP) is 2.44. The summed E-state index contributed by atoms with van der Waals surface area (Å²) in [5.41, 5.74) is 0.0120. The molecule has 0 saturated heterocycles. The Morgan fingerprint density at radius 1 is 1.23 bits per heavy atom. The van der Waals surface area contributed by atoms with Crippen LogP contribution >= 0.6 is 0 Å². The van der Waals surface area contributed by atoms with E-state index in [2.05, 4.69) is 39.9 Å². The molecule has 13 heavy (non-hydrogen) atoms. The summed E-state index contributed by atoms with van der Waals surface area (Å²) in [7, 11) is 0. The number of hydrogen-bond donors (Lipinski definition) is 1. The van der Waals surface area contributed by atoms with Gasteiger partial charge in [0.05, 0.1) is 5.60 Å². The van der Waals surface area contributed by atoms with Crippen molar-refractivity contribution in [2.45, 2.75) is 46.6 Å². The van der Waals surface area contributed by atoms with Crippen LogP contribution in [-0.2, 0) is 4.74 Å². The summed E-state index contributed by atoms with van der Waals surface area (Å²) in [4.78, 5) is 0. The van der Waals surface area contributed by atoms with E-state index >= 15 is 0 Å². The van der Waals surface area contributed by atoms with E-state index in [-0.39, 0.29) is 5.60 Å². The van der Waals surface area contributed by atoms with Crippen LogP contribution in [0, 0.1) is 5.92 Å². The zero-order chi connectivity index (χ0) is 10.3. The highest BCUT2D eigenvalue weighted by molar-refractivity contribution is 4.59. The monoisotopic (exact) mass is 187 g/mol. The van der Waals surface area contributed by atoms with Gasteiger partial charge >= 0.3 is 0 Å². The topological polar surface area (TPSA) is 21.3 Å². The lowest BCUT2D eigenvalue weighted by atomic mass is 10.2. The fourth-order valence-electron chi connectivity index (χ4n) is 0.966. The molecular formula is C11H25NO. The molecule has 0 rings (SSSR count). The van der Waals surface area contributed by atoms with Gasteiger partial charge in [0.2, 0.25) is 0 Å². The molecule has 0 aliphatic rings. The Kier molecular flexibility index (Phi) is 6.35. The standard InChI is InChI=1S/C11H25NO/c1-10(2)9-12-7-6-8-13-11(3,4)5/h10,12H,6-9H2,1-5H3. The van der Waals surface area contributed by atoms with Gasteiger partial charge < -0.3 is 10.1 Å². The van der Waals surface area contributed by atoms with Gasteiger partial charge in [-0.25, -0.2) is 0 Å². The minimum Gasteiger partial charge on any atom is -0.376 e. The van der Waals surface area contributed by atoms with Crippen molar-refractivity contribution >= 4 is 0 Å². The van der Waals surface area contributed by atoms with E-state index in [4.69, 9.17) is 4.74 Å². The molecule has 0 fully saturated rings. The van der Waals surface area contributed by atoms with Crippen LogP contribution in [0.5, 0.6) is 0 Å². The molecule has 0 aromatic heterocycles. The summed E-state index contributed by atoms with van der Waals surface area (Å²) >= 11 is 0. The van der Waals surface area contributed by atoms with Crippen molar-refractivity contribution in [3.8, 4) is 0 Å². The Morgan fingerprint density at radius 2 is 1.85 bits per heavy atom. The maximum atomic E-state index is 5.60. The van der Waals surface area contributed by atoms with Gasteiger partial charge in [-0.2, -0.15) is 0 Å². The molecule has 0 aromatic rings. The van der Waals surface area contributed by atoms with Gasteiger partial charge in [-0.1, -0.05) is 13.8 Å². The van der Waals surface area contributed by atoms with Crippen molar-refractivity contribution in [3.05, 3.63) is 0 Å². The molecule has 0 heterocycles. The Labute approximate surface area is 83.1 Å². The van der Waals surface area contributed by atoms with Gasteiger partial charge in [-0.05, 0) is 46.2 Å². The van der Waals surface area contributed by atoms with Crippen LogP contribution in [0.25, 0.3) is 0 Å². The van der Waals surface area contributed by atoms with Crippen LogP contribution in [0.15, 0.2) is 0 Å². The van der Waals surface area contributed by atoms with E-state index in [9.17, 15) is 0 Å². The van der Waals surface area contributed by atoms with Gasteiger partial charge in [0, 0.05) is 6.61 Å². The van der Waals surface area contributed by atoms with Gasteiger partial charge in [-0.3, -0.25) is 0 Å². The Balaban J connectivity index is 3.09. The first-order valence-corrected chi connectivity index (χ1v) is 5.26. The van der Waals surface area contributed by atoms with Crippen LogP contribution < -0.4 is 5.32 Å². The molecule has 0 spiro atoms. The first-order chi connectivity index (χ1) is 5.92. The largest absolute Gasteiger partial charge is 0.376 e. The highest BCUT2D eigenvalue weighted by Gasteiger charge is 2.08. The Hall–Kier alpha value is -0.0800. The van der Waals surface area contributed by atoms with Gasteiger partial charge in [-0.15, -0.1) is 0 Å². The molecule has 2 heteroatoms. The molecule has 0 bridgehead atoms. The SMILES string of the molecule is CC(C)CNCCCOC(C)(C)C. The highest BCUT2D eigenvalue weighted by atomic mass is 16.5. The smallest absolute Gasteiger partial charge is 0.0598 e. The van der Waals surface area contributed by atoms with E-state index in [1.54, 1.807) is 0 Å². The molecule has 2 nitrogen and oxygen atoms in total. The van der Waals surface area contributed by atoms with E-state index in [0.717, 1.165) is 32.0 Å². The predicted molar refractivity (Wildman–Crippen MR) is 58.0 cm³/mol. The lowest BCUT2D eigenvalue weighted by Gasteiger charge is -2.19. The number of ether oxygens (including phenoxy) is 1. The zero-order valence-corrected chi connectivity index (χ0v) is 9.81. The summed E-state index contributed by atoms with van der Waals surface area (Å²) in [6.07, 6.45) is 1.10. The third kappa shape index (κ3) is 11.9. The lowest BCUT2D eigenvalue weighted by Crippen LogP contribution is -2.24. The fraction of sp³-hybridized carbons (Fsp3) is 1.00. The van der Waals surface area contributed by atoms with E-state index in [0.29, 0.717) is 0 Å². The maximum absolute atomic E-state index is 5.60. The van der Waals surface area contributed by atoms with E-state index in [1.807, 2.05) is 0 Å². The molecule has 0 aromatic carbocycles. The summed E-state index contributed by atoms with van der Waals surface area (Å²) in [5, 5.41) is 3.39. The van der Waals surface area contributed by atoms with Crippen LogP contribution in [0.4, 0.5) is 0 Å². The molecule has 0 aliphatic carbocycles. The van der Waals surface area contributed by atoms with E-state index in [1.165, 1.54) is 0 Å². The van der Waals surface area contributed by atoms with Crippen molar-refractivity contribution in [3.63, 3.8) is 0 Å². The molecule has 0 radical (unpaired) electrons. The van der Waals surface area contributed by atoms with E-state index < -0.39 is 0 Å². The second-order valence-corrected chi connectivity index (χ2v) is 4.91. The summed E-state index contributed by atoms with van der Waals surface area (Å²) in [6.45, 7) is 13.7. The maximum Gasteiger partial charge on any atom is 0.0598 e. The number of rotatable bonds is 6. The average molecular weight is 187 g/mol. The van der Waals surface area contributed by atoms with Crippen LogP contribution in [0.1, 0.15) is 41.0 Å². The quantitative estimate of drug-likeness (QED) is 0.645. The van der Waals surface area contributed by atoms with Gasteiger partial charge in [0.25, 0.3) is 0 Å². The van der Waals surface area contributed by atoms with Crippen LogP contribution in [-0.4, -0.2) is 25.3 Å². The molecule has 1 N–H and O–H groups in total. The minimum absolute atomic E-state index is 0.0120. The second-order valence-electron chi connectivity index (χ2n) is 4.91. The van der Waals surface area contributed by atoms with Crippen molar-refractivity contribution in [1.29, 1.82) is 0 Å². The fourth-order valence-corrected chi connectivity index (χ4v) is 0.966. The van der Waals surface area contributed by atoms with Crippen molar-refractivity contribution < 1.29 is 4.74 Å². The molecule has 0 atom stereocenters. The lowest BCUT2D eigenvalue weighted by molar-refractivity contribution is -0.00380. The number of hydrogen-bond acceptors (Lipinski definition) is 2. The molecular weight excluding hydrogens is 162 g/mol. The molecule has 0 saturated carbocycles. The van der Waals surface area contributed by atoms with Crippen LogP contribution in [0.2, 0.25) is 0 Å². The summed E-state index contributed by atoms with van der Waals surface area (Å²) < 4.78 is 5.60. The van der Waals surface area contributed by atoms with Crippen molar-refractivity contribution in [2.24, 2.45) is 5.92 Å². The summed E-state index contributed by atoms with van der Waals surface area (Å²) in [5.74, 6) is 0.739. The Morgan fingerprint density at radius 3 is 2.31 bits per heavy atom. The molecule has 0 aliphatic heterocycles. The average Bonchev–Trinajstić information content (AvgIpc) is 1.93. The normalized spacial score (nSPS) is 12.5. The third-order valence-corrected chi connectivity index (χ3v) is 1.59. The molecule has 0 unspecified atom stereocenters. The molecule has 0 amide bonds. The summed E-state index contributed by atoms with van der Waals surface area (Å²) in [6, 6.07) is 0.